The highest BCUT2D eigenvalue weighted by molar-refractivity contribution is 7.17. The molecule has 3 aromatic rings. The number of aliphatic hydroxyl groups excluding tert-OH is 4. The lowest BCUT2D eigenvalue weighted by molar-refractivity contribution is -0.225. The summed E-state index contributed by atoms with van der Waals surface area (Å²) in [6.07, 6.45) is -4.69. The Balaban J connectivity index is 1.39. The molecular formula is C20H21N3O7S. The molecule has 1 aromatic carbocycles. The minimum Gasteiger partial charge on any atom is -0.394 e. The maximum absolute atomic E-state index is 12.7. The number of ketones is 1. The predicted molar refractivity (Wildman–Crippen MR) is 110 cm³/mol. The number of thiazole rings is 1. The number of nitrogens with zero attached hydrogens (tertiary/aromatic N) is 2. The average Bonchev–Trinajstić information content (AvgIpc) is 3.47. The van der Waals surface area contributed by atoms with Gasteiger partial charge in [-0.3, -0.25) is 4.79 Å². The number of rotatable bonds is 7. The van der Waals surface area contributed by atoms with Crippen LogP contribution in [0.2, 0.25) is 0 Å². The fourth-order valence-electron chi connectivity index (χ4n) is 3.24. The fourth-order valence-corrected chi connectivity index (χ4v) is 4.01. The quantitative estimate of drug-likeness (QED) is 0.319. The van der Waals surface area contributed by atoms with Gasteiger partial charge in [-0.15, -0.1) is 0 Å². The zero-order chi connectivity index (χ0) is 22.0. The number of nitrogens with one attached hydrogen (secondary N) is 1. The number of carbonyl (C=O) groups is 1. The van der Waals surface area contributed by atoms with Gasteiger partial charge in [0.15, 0.2) is 5.13 Å². The van der Waals surface area contributed by atoms with Crippen LogP contribution in [-0.2, 0) is 4.74 Å². The number of aliphatic hydroxyl groups is 4. The molecule has 1 aliphatic heterocycles. The fraction of sp³-hybridized carbons (Fsp3) is 0.350. The van der Waals surface area contributed by atoms with Gasteiger partial charge in [0.25, 0.3) is 0 Å². The molecule has 1 saturated heterocycles. The van der Waals surface area contributed by atoms with Gasteiger partial charge in [0.2, 0.25) is 11.5 Å². The molecule has 11 heteroatoms. The molecule has 0 unspecified atom stereocenters. The normalized spacial score (nSPS) is 26.0. The second-order valence-corrected chi connectivity index (χ2v) is 8.08. The van der Waals surface area contributed by atoms with Gasteiger partial charge in [-0.05, 0) is 0 Å². The smallest absolute Gasteiger partial charge is 0.242 e. The van der Waals surface area contributed by atoms with E-state index in [2.05, 4.69) is 15.5 Å². The SMILES string of the molecule is O=C(c1cc(-c2ccccc2)no1)c1cnc(NC[C@H]2O[C@H](CO)[C@@H](O)[C@H](O)[C@@H]2O)s1. The summed E-state index contributed by atoms with van der Waals surface area (Å²) in [5, 5.41) is 46.3. The van der Waals surface area contributed by atoms with Gasteiger partial charge in [0.05, 0.1) is 12.8 Å². The van der Waals surface area contributed by atoms with Crippen molar-refractivity contribution in [1.29, 1.82) is 0 Å². The van der Waals surface area contributed by atoms with Gasteiger partial charge in [0, 0.05) is 18.2 Å². The van der Waals surface area contributed by atoms with Gasteiger partial charge in [0.1, 0.15) is 41.1 Å². The maximum Gasteiger partial charge on any atom is 0.242 e. The zero-order valence-corrected chi connectivity index (χ0v) is 17.0. The summed E-state index contributed by atoms with van der Waals surface area (Å²) in [5.74, 6) is -0.281. The molecule has 0 spiro atoms. The Hall–Kier alpha value is -2.67. The minimum absolute atomic E-state index is 0.0447. The van der Waals surface area contributed by atoms with Gasteiger partial charge in [-0.1, -0.05) is 46.8 Å². The molecule has 1 fully saturated rings. The lowest BCUT2D eigenvalue weighted by Crippen LogP contribution is -2.60. The average molecular weight is 447 g/mol. The molecule has 10 nitrogen and oxygen atoms in total. The number of ether oxygens (including phenoxy) is 1. The standard InChI is InChI=1S/C20H21N3O7S/c24-9-14-18(27)19(28)17(26)13(29-14)7-21-20-22-8-15(31-20)16(25)12-6-11(23-30-12)10-4-2-1-3-5-10/h1-6,8,13-14,17-19,24,26-28H,7,9H2,(H,21,22)/t13-,14-,17-,18-,19-/m1/s1. The predicted octanol–water partition coefficient (Wildman–Crippen LogP) is 0.283. The first-order chi connectivity index (χ1) is 15.0. The van der Waals surface area contributed by atoms with Crippen molar-refractivity contribution in [2.24, 2.45) is 0 Å². The summed E-state index contributed by atoms with van der Waals surface area (Å²) in [5.41, 5.74) is 1.38. The van der Waals surface area contributed by atoms with Crippen LogP contribution in [-0.4, -0.2) is 80.0 Å². The van der Waals surface area contributed by atoms with E-state index in [4.69, 9.17) is 9.26 Å². The first kappa shape index (κ1) is 21.6. The van der Waals surface area contributed by atoms with E-state index in [0.29, 0.717) is 15.7 Å². The number of anilines is 1. The third kappa shape index (κ3) is 4.51. The molecule has 3 heterocycles. The Morgan fingerprint density at radius 2 is 1.84 bits per heavy atom. The molecule has 4 rings (SSSR count). The highest BCUT2D eigenvalue weighted by Crippen LogP contribution is 2.26. The highest BCUT2D eigenvalue weighted by Gasteiger charge is 2.43. The minimum atomic E-state index is -1.45. The van der Waals surface area contributed by atoms with Crippen LogP contribution in [0.5, 0.6) is 0 Å². The molecule has 1 aliphatic rings. The van der Waals surface area contributed by atoms with Crippen LogP contribution >= 0.6 is 11.3 Å². The van der Waals surface area contributed by atoms with Gasteiger partial charge in [-0.2, -0.15) is 0 Å². The number of hydrogen-bond acceptors (Lipinski definition) is 11. The van der Waals surface area contributed by atoms with Crippen molar-refractivity contribution in [2.45, 2.75) is 30.5 Å². The lowest BCUT2D eigenvalue weighted by atomic mass is 9.95. The maximum atomic E-state index is 12.7. The molecule has 31 heavy (non-hydrogen) atoms. The van der Waals surface area contributed by atoms with Crippen molar-refractivity contribution in [2.75, 3.05) is 18.5 Å². The molecular weight excluding hydrogens is 426 g/mol. The molecule has 5 atom stereocenters. The first-order valence-corrected chi connectivity index (χ1v) is 10.4. The molecule has 164 valence electrons. The van der Waals surface area contributed by atoms with Crippen LogP contribution in [0.25, 0.3) is 11.3 Å². The summed E-state index contributed by atoms with van der Waals surface area (Å²) >= 11 is 1.08. The highest BCUT2D eigenvalue weighted by atomic mass is 32.1. The Morgan fingerprint density at radius 1 is 1.10 bits per heavy atom. The van der Waals surface area contributed by atoms with Crippen LogP contribution in [0.15, 0.2) is 47.1 Å². The van der Waals surface area contributed by atoms with E-state index < -0.39 is 37.1 Å². The first-order valence-electron chi connectivity index (χ1n) is 9.55. The van der Waals surface area contributed by atoms with Crippen LogP contribution in [0.3, 0.4) is 0 Å². The van der Waals surface area contributed by atoms with Crippen molar-refractivity contribution >= 4 is 22.3 Å². The lowest BCUT2D eigenvalue weighted by Gasteiger charge is -2.40. The number of carbonyl (C=O) groups excluding carboxylic acids is 1. The number of aromatic nitrogens is 2. The second kappa shape index (κ2) is 9.22. The van der Waals surface area contributed by atoms with E-state index in [-0.39, 0.29) is 18.1 Å². The zero-order valence-electron chi connectivity index (χ0n) is 16.2. The number of hydrogen-bond donors (Lipinski definition) is 5. The van der Waals surface area contributed by atoms with E-state index in [1.807, 2.05) is 30.3 Å². The summed E-state index contributed by atoms with van der Waals surface area (Å²) in [7, 11) is 0. The van der Waals surface area contributed by atoms with Gasteiger partial charge >= 0.3 is 0 Å². The van der Waals surface area contributed by atoms with Crippen molar-refractivity contribution < 1.29 is 34.5 Å². The Morgan fingerprint density at radius 3 is 2.58 bits per heavy atom. The second-order valence-electron chi connectivity index (χ2n) is 7.05. The molecule has 0 aliphatic carbocycles. The van der Waals surface area contributed by atoms with Crippen LogP contribution in [0.1, 0.15) is 15.4 Å². The van der Waals surface area contributed by atoms with Crippen molar-refractivity contribution in [1.82, 2.24) is 10.1 Å². The largest absolute Gasteiger partial charge is 0.394 e. The topological polar surface area (TPSA) is 158 Å². The monoisotopic (exact) mass is 447 g/mol. The summed E-state index contributed by atoms with van der Waals surface area (Å²) in [4.78, 5) is 17.1. The summed E-state index contributed by atoms with van der Waals surface area (Å²) in [6.45, 7) is -0.456. The van der Waals surface area contributed by atoms with E-state index in [1.165, 1.54) is 6.20 Å². The third-order valence-corrected chi connectivity index (χ3v) is 5.93. The molecule has 0 radical (unpaired) electrons. The Bertz CT molecular complexity index is 1020. The number of benzene rings is 1. The van der Waals surface area contributed by atoms with Gasteiger partial charge in [-0.25, -0.2) is 4.98 Å². The molecule has 2 aromatic heterocycles. The summed E-state index contributed by atoms with van der Waals surface area (Å²) < 4.78 is 10.6. The van der Waals surface area contributed by atoms with Gasteiger partial charge < -0.3 is 35.0 Å². The summed E-state index contributed by atoms with van der Waals surface area (Å²) in [6, 6.07) is 10.9. The van der Waals surface area contributed by atoms with E-state index in [9.17, 15) is 25.2 Å². The van der Waals surface area contributed by atoms with E-state index in [1.54, 1.807) is 6.07 Å². The van der Waals surface area contributed by atoms with Crippen LogP contribution in [0.4, 0.5) is 5.13 Å². The van der Waals surface area contributed by atoms with Crippen molar-refractivity contribution in [3.05, 3.63) is 53.2 Å². The Labute approximate surface area is 180 Å². The van der Waals surface area contributed by atoms with Crippen molar-refractivity contribution in [3.63, 3.8) is 0 Å². The van der Waals surface area contributed by atoms with Crippen LogP contribution < -0.4 is 5.32 Å². The Kier molecular flexibility index (Phi) is 6.41. The van der Waals surface area contributed by atoms with Crippen LogP contribution in [0, 0.1) is 0 Å². The molecule has 5 N–H and O–H groups in total. The van der Waals surface area contributed by atoms with Crippen molar-refractivity contribution in [3.8, 4) is 11.3 Å². The van der Waals surface area contributed by atoms with E-state index in [0.717, 1.165) is 16.9 Å². The molecule has 0 amide bonds. The third-order valence-electron chi connectivity index (χ3n) is 4.98. The van der Waals surface area contributed by atoms with E-state index >= 15 is 0 Å². The molecule has 0 bridgehead atoms. The molecule has 0 saturated carbocycles.